The number of carbonyl (C=O) groups excluding carboxylic acids is 2. The van der Waals surface area contributed by atoms with Crippen molar-refractivity contribution < 1.29 is 33.0 Å². The van der Waals surface area contributed by atoms with E-state index in [-0.39, 0.29) is 35.1 Å². The van der Waals surface area contributed by atoms with E-state index in [1.54, 1.807) is 12.5 Å². The van der Waals surface area contributed by atoms with Gasteiger partial charge in [-0.15, -0.1) is 0 Å². The lowest BCUT2D eigenvalue weighted by molar-refractivity contribution is -0.222. The summed E-state index contributed by atoms with van der Waals surface area (Å²) in [6.07, 6.45) is 4.52. The van der Waals surface area contributed by atoms with Crippen LogP contribution in [-0.4, -0.2) is 41.8 Å². The van der Waals surface area contributed by atoms with Gasteiger partial charge in [0.05, 0.1) is 42.0 Å². The molecule has 0 aromatic carbocycles. The molecule has 7 rings (SSSR count). The summed E-state index contributed by atoms with van der Waals surface area (Å²) in [5, 5.41) is 0. The Balaban J connectivity index is 1.41. The lowest BCUT2D eigenvalue weighted by Gasteiger charge is -2.65. The first kappa shape index (κ1) is 21.2. The first-order valence-electron chi connectivity index (χ1n) is 12.4. The highest BCUT2D eigenvalue weighted by Gasteiger charge is 2.89. The molecule has 0 bridgehead atoms. The Morgan fingerprint density at radius 3 is 2.56 bits per heavy atom. The number of hydrogen-bond donors (Lipinski definition) is 0. The van der Waals surface area contributed by atoms with Crippen molar-refractivity contribution in [1.82, 2.24) is 0 Å². The molecule has 0 N–H and O–H groups in total. The molecule has 2 saturated carbocycles. The summed E-state index contributed by atoms with van der Waals surface area (Å²) in [7, 11) is 0. The maximum absolute atomic E-state index is 14.3. The minimum Gasteiger partial charge on any atom is -0.498 e. The van der Waals surface area contributed by atoms with E-state index in [4.69, 9.17) is 23.4 Å². The third-order valence-electron chi connectivity index (χ3n) is 10.8. The Labute approximate surface area is 199 Å². The predicted octanol–water partition coefficient (Wildman–Crippen LogP) is 4.12. The summed E-state index contributed by atoms with van der Waals surface area (Å²) in [6.45, 7) is 13.0. The zero-order valence-electron chi connectivity index (χ0n) is 20.2. The number of esters is 1. The Bertz CT molecular complexity index is 1120. The normalized spacial score (nSPS) is 52.4. The molecule has 0 radical (unpaired) electrons. The number of ketones is 1. The number of hydrogen-bond acceptors (Lipinski definition) is 7. The van der Waals surface area contributed by atoms with Crippen LogP contribution in [0.25, 0.3) is 0 Å². The maximum Gasteiger partial charge on any atom is 0.339 e. The molecule has 9 atom stereocenters. The largest absolute Gasteiger partial charge is 0.498 e. The maximum atomic E-state index is 14.3. The molecule has 0 amide bonds. The molecule has 2 aliphatic carbocycles. The van der Waals surface area contributed by atoms with Crippen molar-refractivity contribution in [2.45, 2.75) is 82.9 Å². The third kappa shape index (κ3) is 2.03. The molecule has 182 valence electrons. The summed E-state index contributed by atoms with van der Waals surface area (Å²) < 4.78 is 30.6. The molecule has 34 heavy (non-hydrogen) atoms. The van der Waals surface area contributed by atoms with E-state index in [9.17, 15) is 9.59 Å². The van der Waals surface area contributed by atoms with Gasteiger partial charge in [0.15, 0.2) is 6.10 Å². The zero-order chi connectivity index (χ0) is 23.9. The van der Waals surface area contributed by atoms with Crippen LogP contribution < -0.4 is 0 Å². The molecule has 6 aliphatic rings. The molecule has 4 aliphatic heterocycles. The van der Waals surface area contributed by atoms with E-state index in [2.05, 4.69) is 34.3 Å². The standard InChI is InChI=1S/C27H32O7/c1-14-10-19-26(13-31-14)16-6-8-24(4)20(15-7-9-30-12-15)32-22(29)21-27(24,34-21)25(16,5)18(28)11-17(26)23(2,3)33-19/h7,9,12,16-17,19-21H,1,6,8,10-11,13H2,2-5H3/t16-,17+,19-,20-,21-,24-,25-,26+,27-/m0/s1. The fourth-order valence-electron chi connectivity index (χ4n) is 9.42. The number of carbonyl (C=O) groups is 2. The van der Waals surface area contributed by atoms with Crippen molar-refractivity contribution in [2.75, 3.05) is 6.61 Å². The van der Waals surface area contributed by atoms with E-state index in [1.165, 1.54) is 0 Å². The molecule has 5 heterocycles. The van der Waals surface area contributed by atoms with Crippen LogP contribution >= 0.6 is 0 Å². The molecule has 2 spiro atoms. The number of rotatable bonds is 1. The van der Waals surface area contributed by atoms with E-state index in [1.807, 2.05) is 6.07 Å². The van der Waals surface area contributed by atoms with Gasteiger partial charge in [0, 0.05) is 35.2 Å². The van der Waals surface area contributed by atoms with Crippen molar-refractivity contribution in [3.05, 3.63) is 36.5 Å². The van der Waals surface area contributed by atoms with E-state index >= 15 is 0 Å². The minimum atomic E-state index is -0.914. The summed E-state index contributed by atoms with van der Waals surface area (Å²) in [5.41, 5.74) is -2.28. The van der Waals surface area contributed by atoms with Crippen LogP contribution in [0.15, 0.2) is 35.3 Å². The van der Waals surface area contributed by atoms with Gasteiger partial charge in [0.25, 0.3) is 0 Å². The van der Waals surface area contributed by atoms with Gasteiger partial charge in [-0.2, -0.15) is 0 Å². The smallest absolute Gasteiger partial charge is 0.339 e. The fraction of sp³-hybridized carbons (Fsp3) is 0.704. The quantitative estimate of drug-likeness (QED) is 0.452. The van der Waals surface area contributed by atoms with Gasteiger partial charge in [-0.1, -0.05) is 13.5 Å². The van der Waals surface area contributed by atoms with Crippen LogP contribution in [0.5, 0.6) is 0 Å². The average Bonchev–Trinajstić information content (AvgIpc) is 3.26. The van der Waals surface area contributed by atoms with Gasteiger partial charge < -0.3 is 23.4 Å². The Morgan fingerprint density at radius 2 is 1.82 bits per heavy atom. The summed E-state index contributed by atoms with van der Waals surface area (Å²) in [5.74, 6) is 0.544. The van der Waals surface area contributed by atoms with E-state index in [0.29, 0.717) is 19.4 Å². The average molecular weight is 469 g/mol. The van der Waals surface area contributed by atoms with Crippen molar-refractivity contribution in [3.63, 3.8) is 0 Å². The highest BCUT2D eigenvalue weighted by atomic mass is 16.7. The topological polar surface area (TPSA) is 87.5 Å². The molecular formula is C27H32O7. The molecule has 1 aromatic rings. The molecular weight excluding hydrogens is 436 g/mol. The van der Waals surface area contributed by atoms with Gasteiger partial charge in [0.2, 0.25) is 0 Å². The number of fused-ring (bicyclic) bond motifs is 1. The Hall–Kier alpha value is -2.12. The van der Waals surface area contributed by atoms with Gasteiger partial charge >= 0.3 is 5.97 Å². The number of Topliss-reactive ketones (excluding diaryl/α,β-unsaturated/α-hetero) is 1. The van der Waals surface area contributed by atoms with Gasteiger partial charge in [-0.05, 0) is 45.6 Å². The van der Waals surface area contributed by atoms with Crippen molar-refractivity contribution >= 4 is 11.8 Å². The predicted molar refractivity (Wildman–Crippen MR) is 118 cm³/mol. The highest BCUT2D eigenvalue weighted by molar-refractivity contribution is 5.93. The molecule has 1 aromatic heterocycles. The summed E-state index contributed by atoms with van der Waals surface area (Å²) in [4.78, 5) is 27.4. The van der Waals surface area contributed by atoms with Crippen molar-refractivity contribution in [2.24, 2.45) is 28.1 Å². The van der Waals surface area contributed by atoms with Gasteiger partial charge in [-0.25, -0.2) is 4.79 Å². The van der Waals surface area contributed by atoms with Crippen LogP contribution in [0.2, 0.25) is 0 Å². The van der Waals surface area contributed by atoms with Gasteiger partial charge in [-0.3, -0.25) is 4.79 Å². The van der Waals surface area contributed by atoms with Crippen molar-refractivity contribution in [3.8, 4) is 0 Å². The van der Waals surface area contributed by atoms with Crippen LogP contribution in [0.4, 0.5) is 0 Å². The Morgan fingerprint density at radius 1 is 1.03 bits per heavy atom. The number of epoxide rings is 1. The summed E-state index contributed by atoms with van der Waals surface area (Å²) >= 11 is 0. The van der Waals surface area contributed by atoms with Crippen molar-refractivity contribution in [1.29, 1.82) is 0 Å². The van der Waals surface area contributed by atoms with Crippen LogP contribution in [0.3, 0.4) is 0 Å². The molecule has 0 unspecified atom stereocenters. The lowest BCUT2D eigenvalue weighted by atomic mass is 9.37. The van der Waals surface area contributed by atoms with Crippen LogP contribution in [0, 0.1) is 28.1 Å². The number of furan rings is 1. The first-order valence-corrected chi connectivity index (χ1v) is 12.4. The number of ether oxygens (including phenoxy) is 4. The fourth-order valence-corrected chi connectivity index (χ4v) is 9.42. The first-order chi connectivity index (χ1) is 16.0. The van der Waals surface area contributed by atoms with Crippen LogP contribution in [-0.2, 0) is 28.5 Å². The highest BCUT2D eigenvalue weighted by Crippen LogP contribution is 2.79. The SMILES string of the molecule is C=C1C[C@@H]2OC(C)(C)[C@H]3CC(=O)[C@]4(C)[C@H](CC[C@@]5(C)[C@H](c6ccoc6)OC(=O)[C@@H]6O[C@@]654)[C@@]23CO1. The minimum absolute atomic E-state index is 0.0277. The van der Waals surface area contributed by atoms with E-state index < -0.39 is 34.2 Å². The molecule has 6 fully saturated rings. The second-order valence-electron chi connectivity index (χ2n) is 12.4. The summed E-state index contributed by atoms with van der Waals surface area (Å²) in [6, 6.07) is 1.84. The second kappa shape index (κ2) is 5.98. The van der Waals surface area contributed by atoms with Gasteiger partial charge in [0.1, 0.15) is 17.5 Å². The third-order valence-corrected chi connectivity index (χ3v) is 10.8. The van der Waals surface area contributed by atoms with Crippen LogP contribution in [0.1, 0.15) is 65.0 Å². The second-order valence-corrected chi connectivity index (χ2v) is 12.4. The van der Waals surface area contributed by atoms with E-state index in [0.717, 1.165) is 24.2 Å². The zero-order valence-corrected chi connectivity index (χ0v) is 20.2. The molecule has 7 nitrogen and oxygen atoms in total. The molecule has 4 saturated heterocycles. The molecule has 7 heteroatoms. The Kier molecular flexibility index (Phi) is 3.73. The monoisotopic (exact) mass is 468 g/mol. The number of cyclic esters (lactones) is 1. The lowest BCUT2D eigenvalue weighted by Crippen LogP contribution is -2.72.